The van der Waals surface area contributed by atoms with E-state index < -0.39 is 29.2 Å². The Bertz CT molecular complexity index is 990. The van der Waals surface area contributed by atoms with E-state index in [9.17, 15) is 18.8 Å². The van der Waals surface area contributed by atoms with Crippen molar-refractivity contribution in [2.75, 3.05) is 6.54 Å². The summed E-state index contributed by atoms with van der Waals surface area (Å²) >= 11 is 0. The van der Waals surface area contributed by atoms with Gasteiger partial charge in [0.1, 0.15) is 17.9 Å². The summed E-state index contributed by atoms with van der Waals surface area (Å²) in [6.45, 7) is 7.24. The SMILES string of the molecule is CC[C@]1(c2ccc(F)cc2)NC(=O)N(CC(=O)N[C@@H](C)c2ccc(C)c(C)c2)C1=O. The van der Waals surface area contributed by atoms with Gasteiger partial charge in [-0.05, 0) is 61.6 Å². The Balaban J connectivity index is 1.73. The van der Waals surface area contributed by atoms with Crippen LogP contribution in [0.2, 0.25) is 0 Å². The zero-order chi connectivity index (χ0) is 22.1. The smallest absolute Gasteiger partial charge is 0.325 e. The maximum Gasteiger partial charge on any atom is 0.325 e. The van der Waals surface area contributed by atoms with E-state index in [1.807, 2.05) is 39.0 Å². The zero-order valence-electron chi connectivity index (χ0n) is 17.6. The topological polar surface area (TPSA) is 78.5 Å². The molecule has 1 saturated heterocycles. The average molecular weight is 411 g/mol. The maximum absolute atomic E-state index is 13.3. The van der Waals surface area contributed by atoms with Gasteiger partial charge in [-0.1, -0.05) is 37.3 Å². The van der Waals surface area contributed by atoms with Crippen LogP contribution in [0.3, 0.4) is 0 Å². The molecule has 0 unspecified atom stereocenters. The predicted molar refractivity (Wildman–Crippen MR) is 111 cm³/mol. The molecule has 2 aromatic rings. The fourth-order valence-corrected chi connectivity index (χ4v) is 3.69. The highest BCUT2D eigenvalue weighted by molar-refractivity contribution is 6.09. The molecule has 0 bridgehead atoms. The van der Waals surface area contributed by atoms with Gasteiger partial charge in [0.05, 0.1) is 6.04 Å². The number of imide groups is 1. The molecule has 30 heavy (non-hydrogen) atoms. The number of carbonyl (C=O) groups excluding carboxylic acids is 3. The third-order valence-electron chi connectivity index (χ3n) is 5.75. The van der Waals surface area contributed by atoms with Crippen LogP contribution < -0.4 is 10.6 Å². The molecule has 0 radical (unpaired) electrons. The van der Waals surface area contributed by atoms with Gasteiger partial charge < -0.3 is 10.6 Å². The summed E-state index contributed by atoms with van der Waals surface area (Å²) < 4.78 is 13.3. The van der Waals surface area contributed by atoms with Gasteiger partial charge in [0, 0.05) is 0 Å². The van der Waals surface area contributed by atoms with Gasteiger partial charge >= 0.3 is 6.03 Å². The minimum Gasteiger partial charge on any atom is -0.348 e. The molecule has 0 saturated carbocycles. The van der Waals surface area contributed by atoms with E-state index in [2.05, 4.69) is 10.6 Å². The Labute approximate surface area is 175 Å². The lowest BCUT2D eigenvalue weighted by atomic mass is 9.87. The molecule has 4 amide bonds. The molecule has 0 aromatic heterocycles. The zero-order valence-corrected chi connectivity index (χ0v) is 17.6. The molecule has 158 valence electrons. The molecule has 3 rings (SSSR count). The van der Waals surface area contributed by atoms with Gasteiger partial charge in [-0.15, -0.1) is 0 Å². The van der Waals surface area contributed by atoms with Gasteiger partial charge in [-0.3, -0.25) is 14.5 Å². The normalized spacial score (nSPS) is 19.6. The molecule has 2 aromatic carbocycles. The van der Waals surface area contributed by atoms with E-state index in [0.29, 0.717) is 5.56 Å². The second-order valence-corrected chi connectivity index (χ2v) is 7.72. The first-order valence-corrected chi connectivity index (χ1v) is 9.94. The van der Waals surface area contributed by atoms with Crippen LogP contribution in [0.5, 0.6) is 0 Å². The van der Waals surface area contributed by atoms with Crippen molar-refractivity contribution in [2.24, 2.45) is 0 Å². The maximum atomic E-state index is 13.3. The largest absolute Gasteiger partial charge is 0.348 e. The molecule has 1 heterocycles. The molecule has 1 fully saturated rings. The van der Waals surface area contributed by atoms with Gasteiger partial charge in [-0.2, -0.15) is 0 Å². The second kappa shape index (κ2) is 8.26. The number of urea groups is 1. The third kappa shape index (κ3) is 3.92. The van der Waals surface area contributed by atoms with Gasteiger partial charge in [0.25, 0.3) is 5.91 Å². The number of carbonyl (C=O) groups is 3. The van der Waals surface area contributed by atoms with E-state index in [-0.39, 0.29) is 19.0 Å². The van der Waals surface area contributed by atoms with Crippen LogP contribution in [-0.2, 0) is 15.1 Å². The highest BCUT2D eigenvalue weighted by atomic mass is 19.1. The van der Waals surface area contributed by atoms with Crippen LogP contribution in [0.4, 0.5) is 9.18 Å². The lowest BCUT2D eigenvalue weighted by Gasteiger charge is -2.25. The molecule has 2 N–H and O–H groups in total. The summed E-state index contributed by atoms with van der Waals surface area (Å²) in [5, 5.41) is 5.53. The first-order chi connectivity index (χ1) is 14.2. The fraction of sp³-hybridized carbons (Fsp3) is 0.348. The summed E-state index contributed by atoms with van der Waals surface area (Å²) in [6.07, 6.45) is 0.278. The van der Waals surface area contributed by atoms with Crippen molar-refractivity contribution in [2.45, 2.75) is 45.7 Å². The molecular formula is C23H26FN3O3. The average Bonchev–Trinajstić information content (AvgIpc) is 2.95. The number of hydrogen-bond donors (Lipinski definition) is 2. The van der Waals surface area contributed by atoms with E-state index in [4.69, 9.17) is 0 Å². The standard InChI is InChI=1S/C23H26FN3O3/c1-5-23(18-8-10-19(24)11-9-18)21(29)27(22(30)26-23)13-20(28)25-16(4)17-7-6-14(2)15(3)12-17/h6-12,16H,5,13H2,1-4H3,(H,25,28)(H,26,30)/t16-,23+/m0/s1. The van der Waals surface area contributed by atoms with E-state index >= 15 is 0 Å². The number of rotatable bonds is 6. The quantitative estimate of drug-likeness (QED) is 0.715. The third-order valence-corrected chi connectivity index (χ3v) is 5.75. The minimum absolute atomic E-state index is 0.273. The molecule has 0 spiro atoms. The van der Waals surface area contributed by atoms with Gasteiger partial charge in [0.2, 0.25) is 5.91 Å². The van der Waals surface area contributed by atoms with Crippen molar-refractivity contribution < 1.29 is 18.8 Å². The number of aryl methyl sites for hydroxylation is 2. The Hall–Kier alpha value is -3.22. The molecule has 7 heteroatoms. The lowest BCUT2D eigenvalue weighted by Crippen LogP contribution is -2.45. The Morgan fingerprint density at radius 1 is 1.13 bits per heavy atom. The minimum atomic E-state index is -1.30. The molecule has 2 atom stereocenters. The summed E-state index contributed by atoms with van der Waals surface area (Å²) in [5.41, 5.74) is 2.40. The van der Waals surface area contributed by atoms with E-state index in [1.54, 1.807) is 6.92 Å². The van der Waals surface area contributed by atoms with Crippen molar-refractivity contribution in [3.8, 4) is 0 Å². The summed E-state index contributed by atoms with van der Waals surface area (Å²) in [6, 6.07) is 10.5. The number of amides is 4. The van der Waals surface area contributed by atoms with E-state index in [1.165, 1.54) is 24.3 Å². The van der Waals surface area contributed by atoms with Crippen LogP contribution >= 0.6 is 0 Å². The summed E-state index contributed by atoms with van der Waals surface area (Å²) in [5.74, 6) is -1.39. The number of benzene rings is 2. The van der Waals surface area contributed by atoms with Gasteiger partial charge in [0.15, 0.2) is 0 Å². The van der Waals surface area contributed by atoms with Crippen LogP contribution in [-0.4, -0.2) is 29.3 Å². The first-order valence-electron chi connectivity index (χ1n) is 9.94. The van der Waals surface area contributed by atoms with Crippen molar-refractivity contribution >= 4 is 17.8 Å². The van der Waals surface area contributed by atoms with Gasteiger partial charge in [-0.25, -0.2) is 9.18 Å². The number of nitrogens with one attached hydrogen (secondary N) is 2. The molecule has 1 aliphatic rings. The first kappa shape index (κ1) is 21.5. The van der Waals surface area contributed by atoms with Crippen molar-refractivity contribution in [3.05, 3.63) is 70.5 Å². The number of hydrogen-bond acceptors (Lipinski definition) is 3. The lowest BCUT2D eigenvalue weighted by molar-refractivity contribution is -0.135. The second-order valence-electron chi connectivity index (χ2n) is 7.72. The van der Waals surface area contributed by atoms with E-state index in [0.717, 1.165) is 21.6 Å². The molecular weight excluding hydrogens is 385 g/mol. The number of nitrogens with zero attached hydrogens (tertiary/aromatic N) is 1. The Morgan fingerprint density at radius 3 is 2.40 bits per heavy atom. The monoisotopic (exact) mass is 411 g/mol. The summed E-state index contributed by atoms with van der Waals surface area (Å²) in [4.78, 5) is 39.1. The Morgan fingerprint density at radius 2 is 1.80 bits per heavy atom. The van der Waals surface area contributed by atoms with Crippen LogP contribution in [0.1, 0.15) is 48.6 Å². The van der Waals surface area contributed by atoms with Crippen LogP contribution in [0, 0.1) is 19.7 Å². The highest BCUT2D eigenvalue weighted by Gasteiger charge is 2.51. The molecule has 1 aliphatic heterocycles. The Kier molecular flexibility index (Phi) is 5.92. The van der Waals surface area contributed by atoms with Crippen LogP contribution in [0.25, 0.3) is 0 Å². The molecule has 0 aliphatic carbocycles. The van der Waals surface area contributed by atoms with Crippen molar-refractivity contribution in [1.82, 2.24) is 15.5 Å². The highest BCUT2D eigenvalue weighted by Crippen LogP contribution is 2.32. The van der Waals surface area contributed by atoms with Crippen molar-refractivity contribution in [1.29, 1.82) is 0 Å². The summed E-state index contributed by atoms with van der Waals surface area (Å²) in [7, 11) is 0. The fourth-order valence-electron chi connectivity index (χ4n) is 3.69. The van der Waals surface area contributed by atoms with Crippen LogP contribution in [0.15, 0.2) is 42.5 Å². The molecule has 6 nitrogen and oxygen atoms in total. The van der Waals surface area contributed by atoms with Crippen molar-refractivity contribution in [3.63, 3.8) is 0 Å². The number of halogens is 1. The predicted octanol–water partition coefficient (Wildman–Crippen LogP) is 3.48.